The number of carbonyl (C=O) groups excluding carboxylic acids is 2. The van der Waals surface area contributed by atoms with Gasteiger partial charge in [-0.05, 0) is 55.7 Å². The molecule has 162 valence electrons. The van der Waals surface area contributed by atoms with Crippen molar-refractivity contribution in [2.75, 3.05) is 18.9 Å². The first kappa shape index (κ1) is 22.2. The zero-order valence-corrected chi connectivity index (χ0v) is 18.3. The normalized spacial score (nSPS) is 11.2. The van der Waals surface area contributed by atoms with Crippen LogP contribution in [-0.4, -0.2) is 41.2 Å². The summed E-state index contributed by atoms with van der Waals surface area (Å²) in [5.41, 5.74) is 1.06. The zero-order chi connectivity index (χ0) is 22.6. The molecule has 6 heteroatoms. The molecule has 3 aromatic rings. The van der Waals surface area contributed by atoms with Crippen LogP contribution in [0.1, 0.15) is 36.7 Å². The molecule has 2 N–H and O–H groups in total. The number of hydrogen-bond donors (Lipinski definition) is 2. The highest BCUT2D eigenvalue weighted by molar-refractivity contribution is 5.98. The number of benzene rings is 3. The average molecular weight is 421 g/mol. The molecule has 0 saturated carbocycles. The summed E-state index contributed by atoms with van der Waals surface area (Å²) >= 11 is 0. The van der Waals surface area contributed by atoms with Crippen LogP contribution in [0.2, 0.25) is 0 Å². The molecular weight excluding hydrogens is 392 g/mol. The molecule has 0 spiro atoms. The van der Waals surface area contributed by atoms with E-state index in [9.17, 15) is 14.7 Å². The molecule has 3 aromatic carbocycles. The molecule has 0 heterocycles. The van der Waals surface area contributed by atoms with E-state index in [1.54, 1.807) is 38.8 Å². The van der Waals surface area contributed by atoms with Crippen LogP contribution in [0.25, 0.3) is 10.8 Å². The summed E-state index contributed by atoms with van der Waals surface area (Å²) in [7, 11) is 1.71. The summed E-state index contributed by atoms with van der Waals surface area (Å²) in [6.45, 7) is 5.80. The van der Waals surface area contributed by atoms with Gasteiger partial charge in [-0.25, -0.2) is 4.79 Å². The second kappa shape index (κ2) is 9.08. The molecule has 0 aromatic heterocycles. The van der Waals surface area contributed by atoms with Crippen LogP contribution in [0.5, 0.6) is 5.75 Å². The predicted octanol–water partition coefficient (Wildman–Crippen LogP) is 5.21. The standard InChI is InChI=1S/C25H28N2O4/c1-25(2,3)31-24(30)26-19-12-13-21(22(28)16-19)23(29)27(4)15-14-18-10-7-9-17-8-5-6-11-20(17)18/h5-13,16,28H,14-15H2,1-4H3,(H,26,30). The van der Waals surface area contributed by atoms with Crippen molar-refractivity contribution in [3.8, 4) is 5.75 Å². The topological polar surface area (TPSA) is 78.9 Å². The number of nitrogens with zero attached hydrogens (tertiary/aromatic N) is 1. The molecule has 31 heavy (non-hydrogen) atoms. The Kier molecular flexibility index (Phi) is 6.49. The third-order valence-corrected chi connectivity index (χ3v) is 4.82. The first-order valence-electron chi connectivity index (χ1n) is 10.2. The Labute approximate surface area is 182 Å². The summed E-state index contributed by atoms with van der Waals surface area (Å²) < 4.78 is 5.20. The molecule has 6 nitrogen and oxygen atoms in total. The molecule has 0 aliphatic heterocycles. The maximum absolute atomic E-state index is 12.8. The highest BCUT2D eigenvalue weighted by atomic mass is 16.6. The van der Waals surface area contributed by atoms with Crippen molar-refractivity contribution in [3.05, 3.63) is 71.8 Å². The third-order valence-electron chi connectivity index (χ3n) is 4.82. The van der Waals surface area contributed by atoms with Gasteiger partial charge in [0.15, 0.2) is 0 Å². The average Bonchev–Trinajstić information content (AvgIpc) is 2.70. The zero-order valence-electron chi connectivity index (χ0n) is 18.3. The maximum atomic E-state index is 12.8. The van der Waals surface area contributed by atoms with Crippen molar-refractivity contribution in [1.82, 2.24) is 4.90 Å². The fourth-order valence-electron chi connectivity index (χ4n) is 3.32. The van der Waals surface area contributed by atoms with Gasteiger partial charge in [-0.3, -0.25) is 10.1 Å². The molecule has 2 amide bonds. The van der Waals surface area contributed by atoms with E-state index in [-0.39, 0.29) is 17.2 Å². The number of amides is 2. The van der Waals surface area contributed by atoms with E-state index in [0.717, 1.165) is 0 Å². The minimum atomic E-state index is -0.630. The van der Waals surface area contributed by atoms with E-state index in [0.29, 0.717) is 18.7 Å². The van der Waals surface area contributed by atoms with Gasteiger partial charge in [0.1, 0.15) is 11.4 Å². The SMILES string of the molecule is CN(CCc1cccc2ccccc12)C(=O)c1ccc(NC(=O)OC(C)(C)C)cc1O. The molecule has 3 rings (SSSR count). The second-order valence-corrected chi connectivity index (χ2v) is 8.47. The van der Waals surface area contributed by atoms with Gasteiger partial charge in [-0.2, -0.15) is 0 Å². The number of phenolic OH excluding ortho intramolecular Hbond substituents is 1. The van der Waals surface area contributed by atoms with E-state index in [4.69, 9.17) is 4.74 Å². The van der Waals surface area contributed by atoms with Crippen LogP contribution < -0.4 is 5.32 Å². The van der Waals surface area contributed by atoms with Gasteiger partial charge in [-0.1, -0.05) is 42.5 Å². The van der Waals surface area contributed by atoms with Crippen molar-refractivity contribution in [2.45, 2.75) is 32.8 Å². The number of ether oxygens (including phenoxy) is 1. The minimum Gasteiger partial charge on any atom is -0.507 e. The highest BCUT2D eigenvalue weighted by Gasteiger charge is 2.19. The molecule has 0 atom stereocenters. The number of fused-ring (bicyclic) bond motifs is 1. The Bertz CT molecular complexity index is 1100. The number of phenols is 1. The molecule has 0 aliphatic rings. The summed E-state index contributed by atoms with van der Waals surface area (Å²) in [6.07, 6.45) is 0.0704. The van der Waals surface area contributed by atoms with Gasteiger partial charge in [0.2, 0.25) is 0 Å². The highest BCUT2D eigenvalue weighted by Crippen LogP contribution is 2.24. The van der Waals surface area contributed by atoms with Gasteiger partial charge in [-0.15, -0.1) is 0 Å². The Balaban J connectivity index is 1.65. The maximum Gasteiger partial charge on any atom is 0.412 e. The van der Waals surface area contributed by atoms with Crippen LogP contribution in [0.3, 0.4) is 0 Å². The predicted molar refractivity (Wildman–Crippen MR) is 123 cm³/mol. The van der Waals surface area contributed by atoms with Gasteiger partial charge >= 0.3 is 6.09 Å². The summed E-state index contributed by atoms with van der Waals surface area (Å²) in [6, 6.07) is 18.7. The van der Waals surface area contributed by atoms with Crippen LogP contribution in [-0.2, 0) is 11.2 Å². The molecule has 0 aliphatic carbocycles. The number of likely N-dealkylation sites (N-methyl/N-ethyl adjacent to an activating group) is 1. The molecule has 0 bridgehead atoms. The monoisotopic (exact) mass is 420 g/mol. The van der Waals surface area contributed by atoms with E-state index in [2.05, 4.69) is 29.6 Å². The summed E-state index contributed by atoms with van der Waals surface area (Å²) in [5.74, 6) is -0.489. The Morgan fingerprint density at radius 3 is 2.45 bits per heavy atom. The van der Waals surface area contributed by atoms with Crippen LogP contribution >= 0.6 is 0 Å². The Morgan fingerprint density at radius 1 is 1.03 bits per heavy atom. The molecule has 0 fully saturated rings. The lowest BCUT2D eigenvalue weighted by molar-refractivity contribution is 0.0635. The van der Waals surface area contributed by atoms with E-state index in [1.165, 1.54) is 28.5 Å². The van der Waals surface area contributed by atoms with Crippen molar-refractivity contribution < 1.29 is 19.4 Å². The van der Waals surface area contributed by atoms with Crippen molar-refractivity contribution in [1.29, 1.82) is 0 Å². The van der Waals surface area contributed by atoms with Crippen LogP contribution in [0.4, 0.5) is 10.5 Å². The second-order valence-electron chi connectivity index (χ2n) is 8.47. The van der Waals surface area contributed by atoms with E-state index in [1.807, 2.05) is 18.2 Å². The lowest BCUT2D eigenvalue weighted by Crippen LogP contribution is -2.29. The van der Waals surface area contributed by atoms with Crippen LogP contribution in [0.15, 0.2) is 60.7 Å². The summed E-state index contributed by atoms with van der Waals surface area (Å²) in [4.78, 5) is 26.3. The lowest BCUT2D eigenvalue weighted by atomic mass is 10.0. The first-order chi connectivity index (χ1) is 14.6. The number of hydrogen-bond acceptors (Lipinski definition) is 4. The van der Waals surface area contributed by atoms with Gasteiger partial charge < -0.3 is 14.7 Å². The number of rotatable bonds is 5. The third kappa shape index (κ3) is 5.75. The fraction of sp³-hybridized carbons (Fsp3) is 0.280. The Hall–Kier alpha value is -3.54. The molecular formula is C25H28N2O4. The number of nitrogens with one attached hydrogen (secondary N) is 1. The summed E-state index contributed by atoms with van der Waals surface area (Å²) in [5, 5.41) is 15.2. The quantitative estimate of drug-likeness (QED) is 0.594. The lowest BCUT2D eigenvalue weighted by Gasteiger charge is -2.20. The van der Waals surface area contributed by atoms with Gasteiger partial charge in [0, 0.05) is 25.3 Å². The van der Waals surface area contributed by atoms with Crippen LogP contribution in [0, 0.1) is 0 Å². The minimum absolute atomic E-state index is 0.176. The number of anilines is 1. The number of aromatic hydroxyl groups is 1. The smallest absolute Gasteiger partial charge is 0.412 e. The first-order valence-corrected chi connectivity index (χ1v) is 10.2. The fourth-order valence-corrected chi connectivity index (χ4v) is 3.32. The Morgan fingerprint density at radius 2 is 1.74 bits per heavy atom. The molecule has 0 saturated heterocycles. The number of carbonyl (C=O) groups is 2. The van der Waals surface area contributed by atoms with Crippen molar-refractivity contribution in [3.63, 3.8) is 0 Å². The van der Waals surface area contributed by atoms with Gasteiger partial charge in [0.05, 0.1) is 5.56 Å². The van der Waals surface area contributed by atoms with E-state index < -0.39 is 11.7 Å². The van der Waals surface area contributed by atoms with Crippen molar-refractivity contribution >= 4 is 28.5 Å². The largest absolute Gasteiger partial charge is 0.507 e. The van der Waals surface area contributed by atoms with Crippen molar-refractivity contribution in [2.24, 2.45) is 0 Å². The molecule has 0 radical (unpaired) electrons. The van der Waals surface area contributed by atoms with Gasteiger partial charge in [0.25, 0.3) is 5.91 Å². The molecule has 0 unspecified atom stereocenters. The van der Waals surface area contributed by atoms with E-state index >= 15 is 0 Å².